The highest BCUT2D eigenvalue weighted by Crippen LogP contribution is 2.27. The average molecular weight is 281 g/mol. The van der Waals surface area contributed by atoms with Gasteiger partial charge in [-0.25, -0.2) is 4.79 Å². The van der Waals surface area contributed by atoms with Crippen LogP contribution in [0.1, 0.15) is 21.5 Å². The Bertz CT molecular complexity index is 684. The van der Waals surface area contributed by atoms with E-state index < -0.39 is 5.97 Å². The average Bonchev–Trinajstić information content (AvgIpc) is 2.91. The van der Waals surface area contributed by atoms with Gasteiger partial charge < -0.3 is 10.4 Å². The minimum Gasteiger partial charge on any atom is -0.478 e. The van der Waals surface area contributed by atoms with Gasteiger partial charge in [0.15, 0.2) is 0 Å². The van der Waals surface area contributed by atoms with Crippen molar-refractivity contribution in [1.82, 2.24) is 0 Å². The molecular weight excluding hydrogens is 266 g/mol. The zero-order valence-electron chi connectivity index (χ0n) is 11.4. The lowest BCUT2D eigenvalue weighted by Gasteiger charge is -2.10. The number of fused-ring (bicyclic) bond motifs is 1. The third-order valence-electron chi connectivity index (χ3n) is 3.80. The summed E-state index contributed by atoms with van der Waals surface area (Å²) >= 11 is 0. The van der Waals surface area contributed by atoms with Crippen LogP contribution in [0.4, 0.5) is 5.69 Å². The van der Waals surface area contributed by atoms with E-state index in [9.17, 15) is 9.59 Å². The number of hydrogen-bond donors (Lipinski definition) is 2. The molecule has 0 aliphatic heterocycles. The Hall–Kier alpha value is -2.62. The molecule has 2 aromatic rings. The highest BCUT2D eigenvalue weighted by molar-refractivity contribution is 5.95. The molecule has 3 rings (SSSR count). The molecule has 0 radical (unpaired) electrons. The summed E-state index contributed by atoms with van der Waals surface area (Å²) in [5.41, 5.74) is 3.13. The van der Waals surface area contributed by atoms with Crippen molar-refractivity contribution in [2.75, 3.05) is 5.32 Å². The van der Waals surface area contributed by atoms with Crippen LogP contribution in [-0.4, -0.2) is 17.0 Å². The third-order valence-corrected chi connectivity index (χ3v) is 3.80. The van der Waals surface area contributed by atoms with Gasteiger partial charge in [0.05, 0.1) is 5.56 Å². The molecule has 0 heterocycles. The van der Waals surface area contributed by atoms with E-state index >= 15 is 0 Å². The molecule has 0 spiro atoms. The summed E-state index contributed by atoms with van der Waals surface area (Å²) in [6.45, 7) is 0. The first kappa shape index (κ1) is 13.4. The molecular formula is C17H15NO3. The van der Waals surface area contributed by atoms with Crippen LogP contribution in [0.5, 0.6) is 0 Å². The SMILES string of the molecule is O=C(O)c1cccc(NC(=O)C2Cc3ccccc3C2)c1. The first-order chi connectivity index (χ1) is 10.1. The van der Waals surface area contributed by atoms with Crippen molar-refractivity contribution in [3.8, 4) is 0 Å². The second-order valence-electron chi connectivity index (χ2n) is 5.25. The smallest absolute Gasteiger partial charge is 0.335 e. The molecule has 1 amide bonds. The molecule has 2 aromatic carbocycles. The monoisotopic (exact) mass is 281 g/mol. The number of nitrogens with one attached hydrogen (secondary N) is 1. The lowest BCUT2D eigenvalue weighted by molar-refractivity contribution is -0.119. The van der Waals surface area contributed by atoms with Gasteiger partial charge in [-0.3, -0.25) is 4.79 Å². The van der Waals surface area contributed by atoms with Gasteiger partial charge in [0.2, 0.25) is 5.91 Å². The van der Waals surface area contributed by atoms with Crippen LogP contribution in [0.15, 0.2) is 48.5 Å². The lowest BCUT2D eigenvalue weighted by Crippen LogP contribution is -2.23. The van der Waals surface area contributed by atoms with Gasteiger partial charge in [-0.2, -0.15) is 0 Å². The van der Waals surface area contributed by atoms with Gasteiger partial charge in [-0.05, 0) is 42.2 Å². The van der Waals surface area contributed by atoms with Crippen LogP contribution < -0.4 is 5.32 Å². The largest absolute Gasteiger partial charge is 0.478 e. The summed E-state index contributed by atoms with van der Waals surface area (Å²) in [7, 11) is 0. The fourth-order valence-electron chi connectivity index (χ4n) is 2.72. The maximum atomic E-state index is 12.3. The Balaban J connectivity index is 1.71. The minimum absolute atomic E-state index is 0.0614. The third kappa shape index (κ3) is 2.79. The number of rotatable bonds is 3. The van der Waals surface area contributed by atoms with Crippen molar-refractivity contribution in [2.45, 2.75) is 12.8 Å². The molecule has 4 heteroatoms. The number of anilines is 1. The summed E-state index contributed by atoms with van der Waals surface area (Å²) in [6, 6.07) is 14.4. The van der Waals surface area contributed by atoms with E-state index in [1.807, 2.05) is 24.3 Å². The van der Waals surface area contributed by atoms with Crippen molar-refractivity contribution in [3.05, 3.63) is 65.2 Å². The number of aromatic carboxylic acids is 1. The predicted octanol–water partition coefficient (Wildman–Crippen LogP) is 2.74. The molecule has 0 saturated heterocycles. The summed E-state index contributed by atoms with van der Waals surface area (Å²) in [5.74, 6) is -1.15. The highest BCUT2D eigenvalue weighted by atomic mass is 16.4. The molecule has 106 valence electrons. The van der Waals surface area contributed by atoms with Gasteiger partial charge >= 0.3 is 5.97 Å². The summed E-state index contributed by atoms with van der Waals surface area (Å²) in [6.07, 6.45) is 1.47. The number of carbonyl (C=O) groups is 2. The van der Waals surface area contributed by atoms with E-state index in [0.29, 0.717) is 5.69 Å². The molecule has 1 aliphatic carbocycles. The first-order valence-electron chi connectivity index (χ1n) is 6.84. The fourth-order valence-corrected chi connectivity index (χ4v) is 2.72. The molecule has 0 fully saturated rings. The second-order valence-corrected chi connectivity index (χ2v) is 5.25. The van der Waals surface area contributed by atoms with Crippen molar-refractivity contribution in [2.24, 2.45) is 5.92 Å². The zero-order chi connectivity index (χ0) is 14.8. The highest BCUT2D eigenvalue weighted by Gasteiger charge is 2.27. The fraction of sp³-hybridized carbons (Fsp3) is 0.176. The van der Waals surface area contributed by atoms with Crippen molar-refractivity contribution in [1.29, 1.82) is 0 Å². The van der Waals surface area contributed by atoms with Crippen molar-refractivity contribution in [3.63, 3.8) is 0 Å². The molecule has 0 aromatic heterocycles. The van der Waals surface area contributed by atoms with Crippen LogP contribution in [0.25, 0.3) is 0 Å². The van der Waals surface area contributed by atoms with Gasteiger partial charge in [-0.15, -0.1) is 0 Å². The van der Waals surface area contributed by atoms with Crippen LogP contribution in [0.2, 0.25) is 0 Å². The molecule has 0 bridgehead atoms. The summed E-state index contributed by atoms with van der Waals surface area (Å²) < 4.78 is 0. The van der Waals surface area contributed by atoms with E-state index in [0.717, 1.165) is 12.8 Å². The molecule has 0 saturated carbocycles. The zero-order valence-corrected chi connectivity index (χ0v) is 11.4. The van der Waals surface area contributed by atoms with E-state index in [1.54, 1.807) is 12.1 Å². The van der Waals surface area contributed by atoms with Crippen molar-refractivity contribution >= 4 is 17.6 Å². The van der Waals surface area contributed by atoms with Gasteiger partial charge in [0.25, 0.3) is 0 Å². The number of carboxylic acid groups (broad SMARTS) is 1. The number of benzene rings is 2. The summed E-state index contributed by atoms with van der Waals surface area (Å²) in [4.78, 5) is 23.2. The second kappa shape index (κ2) is 5.40. The Morgan fingerprint density at radius 1 is 1.00 bits per heavy atom. The maximum absolute atomic E-state index is 12.3. The van der Waals surface area contributed by atoms with Crippen molar-refractivity contribution < 1.29 is 14.7 Å². The maximum Gasteiger partial charge on any atom is 0.335 e. The number of amides is 1. The predicted molar refractivity (Wildman–Crippen MR) is 79.4 cm³/mol. The Kier molecular flexibility index (Phi) is 3.44. The number of carboxylic acids is 1. The van der Waals surface area contributed by atoms with Gasteiger partial charge in [0.1, 0.15) is 0 Å². The quantitative estimate of drug-likeness (QED) is 0.909. The van der Waals surface area contributed by atoms with Crippen LogP contribution in [0, 0.1) is 5.92 Å². The van der Waals surface area contributed by atoms with E-state index in [4.69, 9.17) is 5.11 Å². The normalized spacial score (nSPS) is 13.7. The molecule has 2 N–H and O–H groups in total. The van der Waals surface area contributed by atoms with E-state index in [2.05, 4.69) is 5.32 Å². The van der Waals surface area contributed by atoms with Crippen LogP contribution in [0.3, 0.4) is 0 Å². The number of carbonyl (C=O) groups excluding carboxylic acids is 1. The number of hydrogen-bond acceptors (Lipinski definition) is 2. The topological polar surface area (TPSA) is 66.4 Å². The molecule has 21 heavy (non-hydrogen) atoms. The molecule has 0 atom stereocenters. The lowest BCUT2D eigenvalue weighted by atomic mass is 10.1. The van der Waals surface area contributed by atoms with E-state index in [-0.39, 0.29) is 17.4 Å². The van der Waals surface area contributed by atoms with E-state index in [1.165, 1.54) is 23.3 Å². The Morgan fingerprint density at radius 2 is 1.67 bits per heavy atom. The first-order valence-corrected chi connectivity index (χ1v) is 6.84. The van der Waals surface area contributed by atoms with Crippen LogP contribution in [-0.2, 0) is 17.6 Å². The van der Waals surface area contributed by atoms with Gasteiger partial charge in [-0.1, -0.05) is 30.3 Å². The minimum atomic E-state index is -1.00. The standard InChI is InChI=1S/C17H15NO3/c19-16(14-8-11-4-1-2-5-12(11)9-14)18-15-7-3-6-13(10-15)17(20)21/h1-7,10,14H,8-9H2,(H,18,19)(H,20,21). The van der Waals surface area contributed by atoms with Crippen LogP contribution >= 0.6 is 0 Å². The van der Waals surface area contributed by atoms with Gasteiger partial charge in [0, 0.05) is 11.6 Å². The Labute approximate surface area is 122 Å². The molecule has 4 nitrogen and oxygen atoms in total. The molecule has 1 aliphatic rings. The molecule has 0 unspecified atom stereocenters. The Morgan fingerprint density at radius 3 is 2.29 bits per heavy atom. The summed E-state index contributed by atoms with van der Waals surface area (Å²) in [5, 5.41) is 11.8.